The summed E-state index contributed by atoms with van der Waals surface area (Å²) in [5.41, 5.74) is 5.53. The Labute approximate surface area is 156 Å². The smallest absolute Gasteiger partial charge is 0.330 e. The number of H-pyrrole nitrogens is 1. The fraction of sp³-hybridized carbons (Fsp3) is 0.667. The molecule has 2 heterocycles. The molecule has 2 aromatic heterocycles. The number of rotatable bonds is 11. The van der Waals surface area contributed by atoms with Crippen molar-refractivity contribution in [1.29, 1.82) is 0 Å². The van der Waals surface area contributed by atoms with Gasteiger partial charge in [0.2, 0.25) is 5.95 Å². The Balaban J connectivity index is 2.07. The molecule has 0 unspecified atom stereocenters. The molecule has 0 saturated heterocycles. The maximum atomic E-state index is 12.6. The number of ether oxygens (including phenoxy) is 1. The van der Waals surface area contributed by atoms with Crippen molar-refractivity contribution in [3.05, 3.63) is 16.7 Å². The Morgan fingerprint density at radius 3 is 2.63 bits per heavy atom. The molecule has 0 spiro atoms. The van der Waals surface area contributed by atoms with Crippen molar-refractivity contribution in [2.24, 2.45) is 0 Å². The number of nitrogens with two attached hydrogens (primary N) is 1. The summed E-state index contributed by atoms with van der Waals surface area (Å²) in [6, 6.07) is 0. The molecule has 0 amide bonds. The lowest BCUT2D eigenvalue weighted by Gasteiger charge is -2.23. The number of anilines is 1. The molecule has 0 saturated carbocycles. The van der Waals surface area contributed by atoms with Crippen LogP contribution >= 0.6 is 7.60 Å². The molecule has 12 heteroatoms. The summed E-state index contributed by atoms with van der Waals surface area (Å²) >= 11 is 0. The zero-order valence-corrected chi connectivity index (χ0v) is 16.5. The Morgan fingerprint density at radius 1 is 1.37 bits per heavy atom. The Morgan fingerprint density at radius 2 is 2.04 bits per heavy atom. The normalized spacial score (nSPS) is 14.5. The number of hydrogen-bond acceptors (Lipinski definition) is 9. The van der Waals surface area contributed by atoms with Crippen LogP contribution in [0.15, 0.2) is 11.1 Å². The van der Waals surface area contributed by atoms with Crippen LogP contribution < -0.4 is 11.3 Å². The van der Waals surface area contributed by atoms with Gasteiger partial charge in [-0.3, -0.25) is 18.9 Å². The monoisotopic (exact) mass is 403 g/mol. The molecule has 4 N–H and O–H groups in total. The number of aromatic nitrogens is 4. The van der Waals surface area contributed by atoms with Gasteiger partial charge in [0, 0.05) is 0 Å². The number of fused-ring (bicyclic) bond motifs is 1. The van der Waals surface area contributed by atoms with E-state index < -0.39 is 25.4 Å². The highest BCUT2D eigenvalue weighted by Crippen LogP contribution is 2.48. The first kappa shape index (κ1) is 21.5. The molecule has 0 aliphatic rings. The van der Waals surface area contributed by atoms with E-state index in [0.29, 0.717) is 0 Å². The SMILES string of the molecule is CCOP(=O)(CC[C@@H](OCn1cnc2c(=O)[nH]c(N)nc21)[C@H](C)O)OCC. The van der Waals surface area contributed by atoms with Crippen LogP contribution in [0.25, 0.3) is 11.2 Å². The average molecular weight is 403 g/mol. The van der Waals surface area contributed by atoms with Gasteiger partial charge < -0.3 is 24.6 Å². The van der Waals surface area contributed by atoms with Crippen LogP contribution in [0.1, 0.15) is 27.2 Å². The standard InChI is InChI=1S/C15H26N5O6P/c1-4-25-27(23,26-5-2)7-6-11(10(3)21)24-9-20-8-17-12-13(20)18-15(16)19-14(12)22/h8,10-11,21H,4-7,9H2,1-3H3,(H3,16,18,19,22)/t10-,11+/m0/s1. The van der Waals surface area contributed by atoms with Crippen molar-refractivity contribution in [2.45, 2.75) is 46.1 Å². The summed E-state index contributed by atoms with van der Waals surface area (Å²) in [4.78, 5) is 22.2. The minimum absolute atomic E-state index is 0.0183. The number of hydrogen-bond donors (Lipinski definition) is 3. The van der Waals surface area contributed by atoms with Crippen molar-refractivity contribution < 1.29 is 23.5 Å². The van der Waals surface area contributed by atoms with Gasteiger partial charge >= 0.3 is 7.60 Å². The van der Waals surface area contributed by atoms with Crippen molar-refractivity contribution in [1.82, 2.24) is 19.5 Å². The van der Waals surface area contributed by atoms with Crippen LogP contribution in [0, 0.1) is 0 Å². The van der Waals surface area contributed by atoms with Gasteiger partial charge in [0.25, 0.3) is 5.56 Å². The first-order valence-corrected chi connectivity index (χ1v) is 10.4. The molecule has 0 aliphatic carbocycles. The zero-order chi connectivity index (χ0) is 20.0. The molecular weight excluding hydrogens is 377 g/mol. The maximum absolute atomic E-state index is 12.6. The van der Waals surface area contributed by atoms with Crippen LogP contribution in [0.2, 0.25) is 0 Å². The van der Waals surface area contributed by atoms with Gasteiger partial charge in [-0.1, -0.05) is 0 Å². The fourth-order valence-electron chi connectivity index (χ4n) is 2.55. The average Bonchev–Trinajstić information content (AvgIpc) is 2.98. The highest BCUT2D eigenvalue weighted by Gasteiger charge is 2.27. The van der Waals surface area contributed by atoms with Crippen LogP contribution in [0.5, 0.6) is 0 Å². The number of nitrogen functional groups attached to an aromatic ring is 1. The summed E-state index contributed by atoms with van der Waals surface area (Å²) in [6.07, 6.45) is 0.322. The third-order valence-corrected chi connectivity index (χ3v) is 5.91. The first-order chi connectivity index (χ1) is 12.8. The molecule has 0 fully saturated rings. The first-order valence-electron chi connectivity index (χ1n) is 8.68. The van der Waals surface area contributed by atoms with E-state index in [9.17, 15) is 14.5 Å². The Kier molecular flexibility index (Phi) is 7.51. The number of nitrogens with one attached hydrogen (secondary N) is 1. The molecule has 0 bridgehead atoms. The second-order valence-corrected chi connectivity index (χ2v) is 8.06. The largest absolute Gasteiger partial charge is 0.391 e. The quantitative estimate of drug-likeness (QED) is 0.467. The molecule has 152 valence electrons. The highest BCUT2D eigenvalue weighted by molar-refractivity contribution is 7.53. The van der Waals surface area contributed by atoms with Crippen molar-refractivity contribution in [3.63, 3.8) is 0 Å². The molecule has 0 aliphatic heterocycles. The minimum atomic E-state index is -3.23. The Hall–Kier alpha value is -1.78. The maximum Gasteiger partial charge on any atom is 0.330 e. The van der Waals surface area contributed by atoms with E-state index in [1.165, 1.54) is 10.9 Å². The summed E-state index contributed by atoms with van der Waals surface area (Å²) in [5, 5.41) is 9.99. The summed E-state index contributed by atoms with van der Waals surface area (Å²) in [7, 11) is -3.23. The van der Waals surface area contributed by atoms with E-state index >= 15 is 0 Å². The van der Waals surface area contributed by atoms with E-state index in [-0.39, 0.29) is 49.6 Å². The van der Waals surface area contributed by atoms with Gasteiger partial charge in [0.15, 0.2) is 11.2 Å². The van der Waals surface area contributed by atoms with Crippen LogP contribution in [0.3, 0.4) is 0 Å². The number of aliphatic hydroxyl groups excluding tert-OH is 1. The lowest BCUT2D eigenvalue weighted by atomic mass is 10.2. The van der Waals surface area contributed by atoms with Gasteiger partial charge in [-0.05, 0) is 27.2 Å². The lowest BCUT2D eigenvalue weighted by molar-refractivity contribution is -0.0589. The third kappa shape index (κ3) is 5.60. The van der Waals surface area contributed by atoms with E-state index in [0.717, 1.165) is 0 Å². The molecule has 2 aromatic rings. The van der Waals surface area contributed by atoms with E-state index in [2.05, 4.69) is 15.0 Å². The minimum Gasteiger partial charge on any atom is -0.391 e. The van der Waals surface area contributed by atoms with Crippen molar-refractivity contribution >= 4 is 24.7 Å². The lowest BCUT2D eigenvalue weighted by Crippen LogP contribution is -2.28. The predicted octanol–water partition coefficient (Wildman–Crippen LogP) is 1.08. The summed E-state index contributed by atoms with van der Waals surface area (Å²) < 4.78 is 30.3. The van der Waals surface area contributed by atoms with E-state index in [4.69, 9.17) is 19.5 Å². The fourth-order valence-corrected chi connectivity index (χ4v) is 4.24. The van der Waals surface area contributed by atoms with Crippen LogP contribution in [-0.4, -0.2) is 56.2 Å². The number of aliphatic hydroxyl groups is 1. The molecular formula is C15H26N5O6P. The van der Waals surface area contributed by atoms with Gasteiger partial charge in [-0.25, -0.2) is 4.98 Å². The van der Waals surface area contributed by atoms with Crippen molar-refractivity contribution in [3.8, 4) is 0 Å². The van der Waals surface area contributed by atoms with Crippen molar-refractivity contribution in [2.75, 3.05) is 25.1 Å². The third-order valence-electron chi connectivity index (χ3n) is 3.80. The molecule has 0 radical (unpaired) electrons. The zero-order valence-electron chi connectivity index (χ0n) is 15.6. The van der Waals surface area contributed by atoms with Crippen LogP contribution in [-0.2, 0) is 25.1 Å². The van der Waals surface area contributed by atoms with Crippen LogP contribution in [0.4, 0.5) is 5.95 Å². The summed E-state index contributed by atoms with van der Waals surface area (Å²) in [6.45, 7) is 5.55. The van der Waals surface area contributed by atoms with Gasteiger partial charge in [-0.15, -0.1) is 0 Å². The second-order valence-electron chi connectivity index (χ2n) is 5.87. The number of aromatic amines is 1. The van der Waals surface area contributed by atoms with Gasteiger partial charge in [0.1, 0.15) is 6.73 Å². The molecule has 0 aromatic carbocycles. The number of imidazole rings is 1. The molecule has 27 heavy (non-hydrogen) atoms. The molecule has 2 rings (SSSR count). The predicted molar refractivity (Wildman–Crippen MR) is 99.5 cm³/mol. The van der Waals surface area contributed by atoms with Gasteiger partial charge in [0.05, 0.1) is 37.9 Å². The Bertz CT molecular complexity index is 841. The van der Waals surface area contributed by atoms with Gasteiger partial charge in [-0.2, -0.15) is 4.98 Å². The van der Waals surface area contributed by atoms with E-state index in [1.807, 2.05) is 0 Å². The summed E-state index contributed by atoms with van der Waals surface area (Å²) in [5.74, 6) is -0.0318. The molecule has 11 nitrogen and oxygen atoms in total. The topological polar surface area (TPSA) is 155 Å². The highest BCUT2D eigenvalue weighted by atomic mass is 31.2. The van der Waals surface area contributed by atoms with E-state index in [1.54, 1.807) is 20.8 Å². The second kappa shape index (κ2) is 9.43. The molecule has 2 atom stereocenters. The number of nitrogens with zero attached hydrogens (tertiary/aromatic N) is 3.